The van der Waals surface area contributed by atoms with Crippen LogP contribution in [0.4, 0.5) is 10.1 Å². The zero-order chi connectivity index (χ0) is 25.0. The lowest BCUT2D eigenvalue weighted by molar-refractivity contribution is -0.114. The van der Waals surface area contributed by atoms with E-state index < -0.39 is 21.7 Å². The minimum atomic E-state index is -3.86. The Morgan fingerprint density at radius 1 is 1.06 bits per heavy atom. The van der Waals surface area contributed by atoms with Gasteiger partial charge in [0.2, 0.25) is 15.9 Å². The average Bonchev–Trinajstić information content (AvgIpc) is 3.06. The second-order valence-corrected chi connectivity index (χ2v) is 9.93. The second-order valence-electron chi connectivity index (χ2n) is 7.99. The molecule has 0 unspecified atom stereocenters. The molecule has 0 spiro atoms. The van der Waals surface area contributed by atoms with Crippen molar-refractivity contribution in [2.75, 3.05) is 18.5 Å². The van der Waals surface area contributed by atoms with Crippen LogP contribution in [-0.2, 0) is 27.9 Å². The summed E-state index contributed by atoms with van der Waals surface area (Å²) >= 11 is 0. The van der Waals surface area contributed by atoms with Gasteiger partial charge in [0.25, 0.3) is 5.91 Å². The van der Waals surface area contributed by atoms with E-state index in [-0.39, 0.29) is 37.0 Å². The molecule has 0 fully saturated rings. The number of fused-ring (bicyclic) bond motifs is 1. The fraction of sp³-hybridized carbons (Fsp3) is 0.200. The SMILES string of the molecule is CC(=O)Nc1ccc(S(=O)(=O)N2CCOc3ccc(C(=O)NCc4ccccc4F)cc3C2)cc1. The summed E-state index contributed by atoms with van der Waals surface area (Å²) in [6.07, 6.45) is 0. The van der Waals surface area contributed by atoms with E-state index in [4.69, 9.17) is 4.74 Å². The molecule has 2 amide bonds. The van der Waals surface area contributed by atoms with E-state index in [2.05, 4.69) is 10.6 Å². The van der Waals surface area contributed by atoms with Crippen LogP contribution >= 0.6 is 0 Å². The topological polar surface area (TPSA) is 105 Å². The molecular formula is C25H24FN3O5S. The summed E-state index contributed by atoms with van der Waals surface area (Å²) < 4.78 is 47.4. The molecule has 182 valence electrons. The van der Waals surface area contributed by atoms with Gasteiger partial charge in [-0.25, -0.2) is 12.8 Å². The van der Waals surface area contributed by atoms with Crippen LogP contribution in [-0.4, -0.2) is 37.7 Å². The van der Waals surface area contributed by atoms with Crippen LogP contribution in [0.25, 0.3) is 0 Å². The molecule has 10 heteroatoms. The molecule has 0 saturated carbocycles. The molecule has 0 radical (unpaired) electrons. The Kier molecular flexibility index (Phi) is 7.13. The van der Waals surface area contributed by atoms with Crippen molar-refractivity contribution >= 4 is 27.5 Å². The Morgan fingerprint density at radius 3 is 2.51 bits per heavy atom. The molecule has 0 aliphatic carbocycles. The lowest BCUT2D eigenvalue weighted by atomic mass is 10.1. The van der Waals surface area contributed by atoms with Gasteiger partial charge in [-0.05, 0) is 48.5 Å². The van der Waals surface area contributed by atoms with Gasteiger partial charge in [0.1, 0.15) is 18.2 Å². The molecule has 3 aromatic carbocycles. The molecule has 0 bridgehead atoms. The Hall–Kier alpha value is -3.76. The van der Waals surface area contributed by atoms with Crippen molar-refractivity contribution in [3.63, 3.8) is 0 Å². The van der Waals surface area contributed by atoms with Crippen molar-refractivity contribution < 1.29 is 27.1 Å². The van der Waals surface area contributed by atoms with Crippen molar-refractivity contribution in [1.82, 2.24) is 9.62 Å². The van der Waals surface area contributed by atoms with E-state index in [0.29, 0.717) is 28.1 Å². The number of benzene rings is 3. The Labute approximate surface area is 202 Å². The molecule has 3 aromatic rings. The lowest BCUT2D eigenvalue weighted by Crippen LogP contribution is -2.32. The molecule has 0 atom stereocenters. The summed E-state index contributed by atoms with van der Waals surface area (Å²) in [4.78, 5) is 24.0. The number of rotatable bonds is 6. The summed E-state index contributed by atoms with van der Waals surface area (Å²) in [5.41, 5.74) is 1.70. The number of nitrogens with zero attached hydrogens (tertiary/aromatic N) is 1. The number of hydrogen-bond acceptors (Lipinski definition) is 5. The molecule has 1 heterocycles. The van der Waals surface area contributed by atoms with Crippen LogP contribution in [0.1, 0.15) is 28.4 Å². The number of anilines is 1. The number of carbonyl (C=O) groups is 2. The number of halogens is 1. The zero-order valence-electron chi connectivity index (χ0n) is 19.0. The van der Waals surface area contributed by atoms with Gasteiger partial charge in [0, 0.05) is 48.9 Å². The van der Waals surface area contributed by atoms with E-state index in [0.717, 1.165) is 0 Å². The number of ether oxygens (including phenoxy) is 1. The fourth-order valence-electron chi connectivity index (χ4n) is 3.70. The first-order chi connectivity index (χ1) is 16.7. The maximum atomic E-state index is 13.8. The first kappa shape index (κ1) is 24.4. The summed E-state index contributed by atoms with van der Waals surface area (Å²) in [7, 11) is -3.86. The van der Waals surface area contributed by atoms with Crippen molar-refractivity contribution in [3.05, 3.63) is 89.2 Å². The standard InChI is InChI=1S/C25H24FN3O5S/c1-17(30)28-21-7-9-22(10-8-21)35(32,33)29-12-13-34-24-11-6-18(14-20(24)16-29)25(31)27-15-19-4-2-3-5-23(19)26/h2-11,14H,12-13,15-16H2,1H3,(H,27,31)(H,28,30). The van der Waals surface area contributed by atoms with Gasteiger partial charge in [-0.1, -0.05) is 18.2 Å². The summed E-state index contributed by atoms with van der Waals surface area (Å²) in [6.45, 7) is 1.68. The highest BCUT2D eigenvalue weighted by atomic mass is 32.2. The van der Waals surface area contributed by atoms with Gasteiger partial charge >= 0.3 is 0 Å². The Morgan fingerprint density at radius 2 is 1.80 bits per heavy atom. The second kappa shape index (κ2) is 10.2. The van der Waals surface area contributed by atoms with Crippen LogP contribution in [0.15, 0.2) is 71.6 Å². The highest BCUT2D eigenvalue weighted by Crippen LogP contribution is 2.28. The number of nitrogens with one attached hydrogen (secondary N) is 2. The van der Waals surface area contributed by atoms with Crippen LogP contribution in [0.3, 0.4) is 0 Å². The Balaban J connectivity index is 1.51. The largest absolute Gasteiger partial charge is 0.492 e. The van der Waals surface area contributed by atoms with Gasteiger partial charge in [-0.15, -0.1) is 0 Å². The predicted octanol–water partition coefficient (Wildman–Crippen LogP) is 3.30. The summed E-state index contributed by atoms with van der Waals surface area (Å²) in [5.74, 6) is -0.581. The van der Waals surface area contributed by atoms with E-state index in [1.54, 1.807) is 36.4 Å². The highest BCUT2D eigenvalue weighted by molar-refractivity contribution is 7.89. The monoisotopic (exact) mass is 497 g/mol. The van der Waals surface area contributed by atoms with Crippen molar-refractivity contribution in [2.24, 2.45) is 0 Å². The third kappa shape index (κ3) is 5.67. The van der Waals surface area contributed by atoms with Crippen LogP contribution < -0.4 is 15.4 Å². The minimum Gasteiger partial charge on any atom is -0.492 e. The third-order valence-electron chi connectivity index (χ3n) is 5.48. The van der Waals surface area contributed by atoms with Crippen molar-refractivity contribution in [2.45, 2.75) is 24.9 Å². The predicted molar refractivity (Wildman–Crippen MR) is 128 cm³/mol. The smallest absolute Gasteiger partial charge is 0.251 e. The van der Waals surface area contributed by atoms with Gasteiger partial charge < -0.3 is 15.4 Å². The van der Waals surface area contributed by atoms with Crippen molar-refractivity contribution in [1.29, 1.82) is 0 Å². The number of sulfonamides is 1. The third-order valence-corrected chi connectivity index (χ3v) is 7.34. The number of hydrogen-bond donors (Lipinski definition) is 2. The number of amides is 2. The zero-order valence-corrected chi connectivity index (χ0v) is 19.8. The minimum absolute atomic E-state index is 0.0134. The maximum Gasteiger partial charge on any atom is 0.251 e. The number of carbonyl (C=O) groups excluding carboxylic acids is 2. The quantitative estimate of drug-likeness (QED) is 0.544. The maximum absolute atomic E-state index is 13.8. The van der Waals surface area contributed by atoms with E-state index in [1.165, 1.54) is 41.6 Å². The molecule has 1 aliphatic heterocycles. The molecule has 1 aliphatic rings. The first-order valence-electron chi connectivity index (χ1n) is 10.9. The normalized spacial score (nSPS) is 13.8. The van der Waals surface area contributed by atoms with Crippen LogP contribution in [0.5, 0.6) is 5.75 Å². The van der Waals surface area contributed by atoms with Gasteiger partial charge in [-0.3, -0.25) is 9.59 Å². The van der Waals surface area contributed by atoms with Crippen molar-refractivity contribution in [3.8, 4) is 5.75 Å². The van der Waals surface area contributed by atoms with Gasteiger partial charge in [0.05, 0.1) is 4.90 Å². The average molecular weight is 498 g/mol. The van der Waals surface area contributed by atoms with E-state index >= 15 is 0 Å². The molecule has 35 heavy (non-hydrogen) atoms. The summed E-state index contributed by atoms with van der Waals surface area (Å²) in [5, 5.41) is 5.28. The highest BCUT2D eigenvalue weighted by Gasteiger charge is 2.28. The molecular weight excluding hydrogens is 473 g/mol. The van der Waals surface area contributed by atoms with Gasteiger partial charge in [0.15, 0.2) is 0 Å². The fourth-order valence-corrected chi connectivity index (χ4v) is 5.10. The molecule has 4 rings (SSSR count). The van der Waals surface area contributed by atoms with E-state index in [9.17, 15) is 22.4 Å². The summed E-state index contributed by atoms with van der Waals surface area (Å²) in [6, 6.07) is 16.9. The van der Waals surface area contributed by atoms with Gasteiger partial charge in [-0.2, -0.15) is 4.31 Å². The molecule has 0 saturated heterocycles. The van der Waals surface area contributed by atoms with Crippen LogP contribution in [0, 0.1) is 5.82 Å². The lowest BCUT2D eigenvalue weighted by Gasteiger charge is -2.20. The molecule has 8 nitrogen and oxygen atoms in total. The molecule has 0 aromatic heterocycles. The van der Waals surface area contributed by atoms with E-state index in [1.807, 2.05) is 0 Å². The first-order valence-corrected chi connectivity index (χ1v) is 12.3. The van der Waals surface area contributed by atoms with Crippen LogP contribution in [0.2, 0.25) is 0 Å². The Bertz CT molecular complexity index is 1360. The molecule has 2 N–H and O–H groups in total.